The lowest BCUT2D eigenvalue weighted by Gasteiger charge is -2.28. The standard InChI is InChI=1S/C16H19FN2O3.ClH/c17-12-5-3-10(4-6-12)13(14(18)20)19-8-11-2-1-7-16(11,9-19)15(21)22;/h3-6,11,13H,1-2,7-9H2,(H2,18,20)(H,21,22);1H/t11-,13?,16+;/m0./s1. The Morgan fingerprint density at radius 1 is 1.35 bits per heavy atom. The lowest BCUT2D eigenvalue weighted by atomic mass is 9.81. The van der Waals surface area contributed by atoms with E-state index < -0.39 is 23.3 Å². The van der Waals surface area contributed by atoms with E-state index in [1.807, 2.05) is 4.90 Å². The first-order valence-corrected chi connectivity index (χ1v) is 7.46. The molecular formula is C16H20ClFN2O3. The van der Waals surface area contributed by atoms with Gasteiger partial charge in [0.15, 0.2) is 0 Å². The maximum absolute atomic E-state index is 13.1. The number of carboxylic acids is 1. The zero-order valence-electron chi connectivity index (χ0n) is 12.6. The molecule has 1 aromatic rings. The van der Waals surface area contributed by atoms with Crippen LogP contribution in [0, 0.1) is 17.2 Å². The number of primary amides is 1. The molecule has 1 saturated carbocycles. The van der Waals surface area contributed by atoms with E-state index in [2.05, 4.69) is 0 Å². The van der Waals surface area contributed by atoms with Crippen LogP contribution in [0.5, 0.6) is 0 Å². The second kappa shape index (κ2) is 6.45. The van der Waals surface area contributed by atoms with Crippen LogP contribution in [0.2, 0.25) is 0 Å². The van der Waals surface area contributed by atoms with Gasteiger partial charge in [-0.25, -0.2) is 4.39 Å². The lowest BCUT2D eigenvalue weighted by Crippen LogP contribution is -2.40. The van der Waals surface area contributed by atoms with Crippen molar-refractivity contribution in [2.45, 2.75) is 25.3 Å². The number of halogens is 2. The van der Waals surface area contributed by atoms with Crippen LogP contribution in [0.15, 0.2) is 24.3 Å². The third-order valence-corrected chi connectivity index (χ3v) is 5.14. The van der Waals surface area contributed by atoms with Crippen molar-refractivity contribution in [3.05, 3.63) is 35.6 Å². The van der Waals surface area contributed by atoms with Gasteiger partial charge in [-0.15, -0.1) is 12.4 Å². The quantitative estimate of drug-likeness (QED) is 0.876. The lowest BCUT2D eigenvalue weighted by molar-refractivity contribution is -0.149. The van der Waals surface area contributed by atoms with Crippen molar-refractivity contribution in [2.75, 3.05) is 13.1 Å². The zero-order valence-corrected chi connectivity index (χ0v) is 13.4. The summed E-state index contributed by atoms with van der Waals surface area (Å²) in [5.41, 5.74) is 5.37. The summed E-state index contributed by atoms with van der Waals surface area (Å²) in [5.74, 6) is -1.66. The van der Waals surface area contributed by atoms with Crippen LogP contribution >= 0.6 is 12.4 Å². The monoisotopic (exact) mass is 342 g/mol. The van der Waals surface area contributed by atoms with Gasteiger partial charge in [0, 0.05) is 13.1 Å². The van der Waals surface area contributed by atoms with Gasteiger partial charge in [-0.05, 0) is 36.5 Å². The number of carbonyl (C=O) groups is 2. The minimum Gasteiger partial charge on any atom is -0.481 e. The number of nitrogens with zero attached hydrogens (tertiary/aromatic N) is 1. The van der Waals surface area contributed by atoms with E-state index in [1.54, 1.807) is 0 Å². The van der Waals surface area contributed by atoms with Crippen molar-refractivity contribution in [1.29, 1.82) is 0 Å². The molecule has 1 aliphatic heterocycles. The van der Waals surface area contributed by atoms with Crippen molar-refractivity contribution in [1.82, 2.24) is 4.90 Å². The highest BCUT2D eigenvalue weighted by atomic mass is 35.5. The number of hydrogen-bond donors (Lipinski definition) is 2. The van der Waals surface area contributed by atoms with E-state index in [-0.39, 0.29) is 24.1 Å². The Balaban J connectivity index is 0.00000192. The normalized spacial score (nSPS) is 28.0. The summed E-state index contributed by atoms with van der Waals surface area (Å²) >= 11 is 0. The Bertz CT molecular complexity index is 610. The predicted octanol–water partition coefficient (Wildman–Crippen LogP) is 1.96. The van der Waals surface area contributed by atoms with Crippen LogP contribution in [0.4, 0.5) is 4.39 Å². The number of carbonyl (C=O) groups excluding carboxylic acids is 1. The Morgan fingerprint density at radius 2 is 2.00 bits per heavy atom. The molecule has 5 nitrogen and oxygen atoms in total. The molecule has 7 heteroatoms. The molecule has 2 fully saturated rings. The fourth-order valence-electron chi connectivity index (χ4n) is 4.07. The minimum absolute atomic E-state index is 0. The molecule has 126 valence electrons. The molecule has 1 aliphatic carbocycles. The molecule has 0 bridgehead atoms. The number of benzene rings is 1. The number of rotatable bonds is 4. The van der Waals surface area contributed by atoms with E-state index in [0.717, 1.165) is 12.8 Å². The fourth-order valence-corrected chi connectivity index (χ4v) is 4.07. The van der Waals surface area contributed by atoms with Gasteiger partial charge in [-0.1, -0.05) is 18.6 Å². The minimum atomic E-state index is -0.792. The molecule has 3 atom stereocenters. The average molecular weight is 343 g/mol. The van der Waals surface area contributed by atoms with E-state index in [4.69, 9.17) is 5.73 Å². The van der Waals surface area contributed by atoms with Gasteiger partial charge in [-0.2, -0.15) is 0 Å². The van der Waals surface area contributed by atoms with Crippen LogP contribution < -0.4 is 5.73 Å². The molecule has 1 amide bonds. The van der Waals surface area contributed by atoms with Crippen LogP contribution in [0.25, 0.3) is 0 Å². The predicted molar refractivity (Wildman–Crippen MR) is 84.6 cm³/mol. The van der Waals surface area contributed by atoms with Gasteiger partial charge in [0.25, 0.3) is 0 Å². The van der Waals surface area contributed by atoms with Crippen LogP contribution in [-0.2, 0) is 9.59 Å². The smallest absolute Gasteiger partial charge is 0.311 e. The van der Waals surface area contributed by atoms with Crippen molar-refractivity contribution in [3.8, 4) is 0 Å². The number of likely N-dealkylation sites (tertiary alicyclic amines) is 1. The van der Waals surface area contributed by atoms with Gasteiger partial charge in [0.2, 0.25) is 5.91 Å². The van der Waals surface area contributed by atoms with Gasteiger partial charge in [-0.3, -0.25) is 14.5 Å². The summed E-state index contributed by atoms with van der Waals surface area (Å²) in [7, 11) is 0. The van der Waals surface area contributed by atoms with Crippen LogP contribution in [0.3, 0.4) is 0 Å². The molecule has 1 heterocycles. The van der Waals surface area contributed by atoms with Gasteiger partial charge >= 0.3 is 5.97 Å². The third-order valence-electron chi connectivity index (χ3n) is 5.14. The molecule has 3 rings (SSSR count). The van der Waals surface area contributed by atoms with Crippen molar-refractivity contribution >= 4 is 24.3 Å². The maximum Gasteiger partial charge on any atom is 0.311 e. The molecule has 0 aromatic heterocycles. The summed E-state index contributed by atoms with van der Waals surface area (Å²) in [5, 5.41) is 9.63. The van der Waals surface area contributed by atoms with Gasteiger partial charge in [0.05, 0.1) is 5.41 Å². The molecule has 0 spiro atoms. The Morgan fingerprint density at radius 3 is 2.52 bits per heavy atom. The first kappa shape index (κ1) is 17.7. The Hall–Kier alpha value is -1.66. The van der Waals surface area contributed by atoms with Crippen molar-refractivity contribution in [2.24, 2.45) is 17.1 Å². The molecule has 23 heavy (non-hydrogen) atoms. The van der Waals surface area contributed by atoms with E-state index >= 15 is 0 Å². The van der Waals surface area contributed by atoms with Crippen molar-refractivity contribution < 1.29 is 19.1 Å². The molecule has 1 aromatic carbocycles. The number of amides is 1. The molecule has 2 aliphatic rings. The number of aliphatic carboxylic acids is 1. The summed E-state index contributed by atoms with van der Waals surface area (Å²) in [6, 6.07) is 4.94. The van der Waals surface area contributed by atoms with Gasteiger partial charge in [0.1, 0.15) is 11.9 Å². The summed E-state index contributed by atoms with van der Waals surface area (Å²) in [4.78, 5) is 25.5. The van der Waals surface area contributed by atoms with Crippen molar-refractivity contribution in [3.63, 3.8) is 0 Å². The number of nitrogens with two attached hydrogens (primary N) is 1. The highest BCUT2D eigenvalue weighted by Crippen LogP contribution is 2.50. The SMILES string of the molecule is Cl.NC(=O)C(c1ccc(F)cc1)N1C[C@@H]2CCC[C@@]2(C(=O)O)C1. The van der Waals surface area contributed by atoms with E-state index in [0.29, 0.717) is 25.1 Å². The molecular weight excluding hydrogens is 323 g/mol. The summed E-state index contributed by atoms with van der Waals surface area (Å²) < 4.78 is 13.1. The largest absolute Gasteiger partial charge is 0.481 e. The highest BCUT2D eigenvalue weighted by Gasteiger charge is 2.56. The summed E-state index contributed by atoms with van der Waals surface area (Å²) in [6.07, 6.45) is 2.40. The molecule has 0 radical (unpaired) electrons. The van der Waals surface area contributed by atoms with Crippen LogP contribution in [-0.4, -0.2) is 35.0 Å². The first-order chi connectivity index (χ1) is 10.4. The second-order valence-corrected chi connectivity index (χ2v) is 6.34. The van der Waals surface area contributed by atoms with Gasteiger partial charge < -0.3 is 10.8 Å². The molecule has 1 saturated heterocycles. The van der Waals surface area contributed by atoms with E-state index in [9.17, 15) is 19.1 Å². The van der Waals surface area contributed by atoms with E-state index in [1.165, 1.54) is 24.3 Å². The molecule has 3 N–H and O–H groups in total. The number of carboxylic acid groups (broad SMARTS) is 1. The third kappa shape index (κ3) is 2.93. The number of hydrogen-bond acceptors (Lipinski definition) is 3. The Kier molecular flexibility index (Phi) is 4.96. The summed E-state index contributed by atoms with van der Waals surface area (Å²) in [6.45, 7) is 0.856. The Labute approximate surface area is 140 Å². The number of fused-ring (bicyclic) bond motifs is 1. The van der Waals surface area contributed by atoms with Crippen LogP contribution in [0.1, 0.15) is 30.9 Å². The topological polar surface area (TPSA) is 83.6 Å². The maximum atomic E-state index is 13.1. The second-order valence-electron chi connectivity index (χ2n) is 6.34. The first-order valence-electron chi connectivity index (χ1n) is 7.46. The average Bonchev–Trinajstić information content (AvgIpc) is 2.98. The molecule has 1 unspecified atom stereocenters. The zero-order chi connectivity index (χ0) is 15.9. The fraction of sp³-hybridized carbons (Fsp3) is 0.500. The highest BCUT2D eigenvalue weighted by molar-refractivity contribution is 5.85.